The van der Waals surface area contributed by atoms with Gasteiger partial charge >= 0.3 is 0 Å². The first-order chi connectivity index (χ1) is 12.6. The molecule has 0 saturated carbocycles. The fourth-order valence-corrected chi connectivity index (χ4v) is 3.09. The lowest BCUT2D eigenvalue weighted by atomic mass is 9.97. The molecule has 2 aromatic carbocycles. The van der Waals surface area contributed by atoms with Gasteiger partial charge in [0.2, 0.25) is 5.91 Å². The first-order valence-corrected chi connectivity index (χ1v) is 8.31. The van der Waals surface area contributed by atoms with Crippen molar-refractivity contribution in [3.8, 4) is 17.2 Å². The van der Waals surface area contributed by atoms with Crippen molar-refractivity contribution in [1.29, 1.82) is 0 Å². The summed E-state index contributed by atoms with van der Waals surface area (Å²) in [6.07, 6.45) is 0.606. The van der Waals surface area contributed by atoms with Crippen LogP contribution in [-0.4, -0.2) is 38.0 Å². The summed E-state index contributed by atoms with van der Waals surface area (Å²) in [6.45, 7) is 1.52. The minimum Gasteiger partial charge on any atom is -0.497 e. The molecule has 1 atom stereocenters. The number of hydrogen-bond acceptors (Lipinski definition) is 5. The summed E-state index contributed by atoms with van der Waals surface area (Å²) >= 11 is 0. The van der Waals surface area contributed by atoms with Gasteiger partial charge < -0.3 is 14.2 Å². The third-order valence-electron chi connectivity index (χ3n) is 4.46. The number of rotatable bonds is 5. The lowest BCUT2D eigenvalue weighted by Gasteiger charge is -2.22. The van der Waals surface area contributed by atoms with Gasteiger partial charge in [-0.05, 0) is 42.0 Å². The van der Waals surface area contributed by atoms with E-state index in [0.717, 1.165) is 22.6 Å². The first kappa shape index (κ1) is 17.8. The molecule has 0 saturated heterocycles. The van der Waals surface area contributed by atoms with E-state index in [1.54, 1.807) is 21.3 Å². The molecule has 26 heavy (non-hydrogen) atoms. The highest BCUT2D eigenvalue weighted by molar-refractivity contribution is 6.03. The summed E-state index contributed by atoms with van der Waals surface area (Å²) in [7, 11) is 4.85. The summed E-state index contributed by atoms with van der Waals surface area (Å²) < 4.78 is 16.0. The van der Waals surface area contributed by atoms with Crippen LogP contribution < -0.4 is 14.2 Å². The predicted octanol–water partition coefficient (Wildman–Crippen LogP) is 3.41. The molecule has 0 aliphatic carbocycles. The fourth-order valence-electron chi connectivity index (χ4n) is 3.09. The number of benzene rings is 2. The second kappa shape index (κ2) is 7.47. The first-order valence-electron chi connectivity index (χ1n) is 8.31. The van der Waals surface area contributed by atoms with Gasteiger partial charge in [-0.3, -0.25) is 4.79 Å². The number of ether oxygens (including phenoxy) is 3. The molecule has 1 heterocycles. The maximum Gasteiger partial charge on any atom is 0.240 e. The fraction of sp³-hybridized carbons (Fsp3) is 0.300. The van der Waals surface area contributed by atoms with Crippen molar-refractivity contribution in [2.75, 3.05) is 21.3 Å². The van der Waals surface area contributed by atoms with E-state index in [1.165, 1.54) is 11.9 Å². The van der Waals surface area contributed by atoms with E-state index in [-0.39, 0.29) is 11.9 Å². The smallest absolute Gasteiger partial charge is 0.240 e. The molecule has 136 valence electrons. The average Bonchev–Trinajstić information content (AvgIpc) is 3.13. The minimum absolute atomic E-state index is 0.114. The highest BCUT2D eigenvalue weighted by Crippen LogP contribution is 2.39. The number of nitrogens with zero attached hydrogens (tertiary/aromatic N) is 2. The molecule has 6 nitrogen and oxygen atoms in total. The van der Waals surface area contributed by atoms with Crippen molar-refractivity contribution in [2.24, 2.45) is 5.10 Å². The number of carbonyl (C=O) groups excluding carboxylic acids is 1. The molecule has 0 N–H and O–H groups in total. The van der Waals surface area contributed by atoms with E-state index in [2.05, 4.69) is 5.10 Å². The largest absolute Gasteiger partial charge is 0.497 e. The van der Waals surface area contributed by atoms with Crippen molar-refractivity contribution < 1.29 is 19.0 Å². The van der Waals surface area contributed by atoms with E-state index in [1.807, 2.05) is 42.5 Å². The average molecular weight is 354 g/mol. The molecular formula is C20H22N2O4. The molecule has 0 aromatic heterocycles. The molecule has 0 bridgehead atoms. The van der Waals surface area contributed by atoms with Crippen LogP contribution in [0, 0.1) is 0 Å². The van der Waals surface area contributed by atoms with Crippen LogP contribution in [0.4, 0.5) is 0 Å². The monoisotopic (exact) mass is 354 g/mol. The van der Waals surface area contributed by atoms with E-state index in [9.17, 15) is 4.79 Å². The molecule has 1 aliphatic rings. The number of amides is 1. The second-order valence-electron chi connectivity index (χ2n) is 5.97. The quantitative estimate of drug-likeness (QED) is 0.826. The summed E-state index contributed by atoms with van der Waals surface area (Å²) in [5.41, 5.74) is 2.72. The Bertz CT molecular complexity index is 830. The highest BCUT2D eigenvalue weighted by Gasteiger charge is 2.33. The molecule has 3 rings (SSSR count). The second-order valence-corrected chi connectivity index (χ2v) is 5.97. The molecule has 1 unspecified atom stereocenters. The SMILES string of the molecule is COc1ccc(C2=NN(C(C)=O)C(c3ccc(OC)cc3OC)C2)cc1. The van der Waals surface area contributed by atoms with Crippen molar-refractivity contribution in [2.45, 2.75) is 19.4 Å². The number of carbonyl (C=O) groups is 1. The van der Waals surface area contributed by atoms with Crippen molar-refractivity contribution in [3.05, 3.63) is 53.6 Å². The van der Waals surface area contributed by atoms with Crippen LogP contribution in [0.15, 0.2) is 47.6 Å². The summed E-state index contributed by atoms with van der Waals surface area (Å²) in [6, 6.07) is 13.1. The standard InChI is InChI=1S/C20H22N2O4/c1-13(23)22-19(17-10-9-16(25-3)11-20(17)26-4)12-18(21-22)14-5-7-15(24-2)8-6-14/h5-11,19H,12H2,1-4H3. The van der Waals surface area contributed by atoms with Gasteiger partial charge in [0.15, 0.2) is 0 Å². The topological polar surface area (TPSA) is 60.4 Å². The molecule has 2 aromatic rings. The van der Waals surface area contributed by atoms with Gasteiger partial charge in [-0.1, -0.05) is 0 Å². The Hall–Kier alpha value is -3.02. The third-order valence-corrected chi connectivity index (χ3v) is 4.46. The molecule has 0 radical (unpaired) electrons. The Morgan fingerprint density at radius 3 is 2.23 bits per heavy atom. The Kier molecular flexibility index (Phi) is 5.11. The highest BCUT2D eigenvalue weighted by atomic mass is 16.5. The Morgan fingerprint density at radius 2 is 1.65 bits per heavy atom. The van der Waals surface area contributed by atoms with Gasteiger partial charge in [0.25, 0.3) is 0 Å². The van der Waals surface area contributed by atoms with Gasteiger partial charge in [-0.25, -0.2) is 5.01 Å². The Morgan fingerprint density at radius 1 is 1.00 bits per heavy atom. The number of hydrazone groups is 1. The van der Waals surface area contributed by atoms with E-state index < -0.39 is 0 Å². The van der Waals surface area contributed by atoms with Crippen LogP contribution >= 0.6 is 0 Å². The van der Waals surface area contributed by atoms with Gasteiger partial charge in [-0.2, -0.15) is 5.10 Å². The van der Waals surface area contributed by atoms with Gasteiger partial charge in [-0.15, -0.1) is 0 Å². The number of hydrogen-bond donors (Lipinski definition) is 0. The maximum atomic E-state index is 12.2. The lowest BCUT2D eigenvalue weighted by molar-refractivity contribution is -0.130. The molecular weight excluding hydrogens is 332 g/mol. The predicted molar refractivity (Wildman–Crippen MR) is 99.0 cm³/mol. The van der Waals surface area contributed by atoms with Crippen molar-refractivity contribution in [3.63, 3.8) is 0 Å². The van der Waals surface area contributed by atoms with Crippen LogP contribution in [0.5, 0.6) is 17.2 Å². The van der Waals surface area contributed by atoms with Crippen LogP contribution in [0.25, 0.3) is 0 Å². The van der Waals surface area contributed by atoms with Gasteiger partial charge in [0.1, 0.15) is 17.2 Å². The zero-order valence-electron chi connectivity index (χ0n) is 15.4. The Labute approximate surface area is 153 Å². The summed E-state index contributed by atoms with van der Waals surface area (Å²) in [5.74, 6) is 2.04. The normalized spacial score (nSPS) is 16.2. The zero-order valence-corrected chi connectivity index (χ0v) is 15.4. The summed E-state index contributed by atoms with van der Waals surface area (Å²) in [5, 5.41) is 6.08. The van der Waals surface area contributed by atoms with E-state index >= 15 is 0 Å². The van der Waals surface area contributed by atoms with Crippen molar-refractivity contribution in [1.82, 2.24) is 5.01 Å². The van der Waals surface area contributed by atoms with E-state index in [4.69, 9.17) is 14.2 Å². The lowest BCUT2D eigenvalue weighted by Crippen LogP contribution is -2.24. The zero-order chi connectivity index (χ0) is 18.7. The number of methoxy groups -OCH3 is 3. The van der Waals surface area contributed by atoms with Gasteiger partial charge in [0, 0.05) is 25.0 Å². The van der Waals surface area contributed by atoms with E-state index in [0.29, 0.717) is 17.9 Å². The maximum absolute atomic E-state index is 12.2. The van der Waals surface area contributed by atoms with Crippen LogP contribution in [0.2, 0.25) is 0 Å². The summed E-state index contributed by atoms with van der Waals surface area (Å²) in [4.78, 5) is 12.2. The van der Waals surface area contributed by atoms with Crippen LogP contribution in [0.3, 0.4) is 0 Å². The molecule has 6 heteroatoms. The third kappa shape index (κ3) is 3.35. The Balaban J connectivity index is 1.95. The van der Waals surface area contributed by atoms with Crippen LogP contribution in [-0.2, 0) is 4.79 Å². The molecule has 1 amide bonds. The molecule has 1 aliphatic heterocycles. The molecule has 0 spiro atoms. The van der Waals surface area contributed by atoms with Crippen LogP contribution in [0.1, 0.15) is 30.5 Å². The van der Waals surface area contributed by atoms with Crippen molar-refractivity contribution >= 4 is 11.6 Å². The van der Waals surface area contributed by atoms with Gasteiger partial charge in [0.05, 0.1) is 33.1 Å². The molecule has 0 fully saturated rings. The minimum atomic E-state index is -0.217.